The normalized spacial score (nSPS) is 12.3. The van der Waals surface area contributed by atoms with Gasteiger partial charge in [-0.3, -0.25) is 0 Å². The van der Waals surface area contributed by atoms with Crippen molar-refractivity contribution >= 4 is 21.8 Å². The van der Waals surface area contributed by atoms with E-state index in [-0.39, 0.29) is 10.6 Å². The summed E-state index contributed by atoms with van der Waals surface area (Å²) in [6.45, 7) is 1.89. The number of allylic oxidation sites excluding steroid dienone is 1. The summed E-state index contributed by atoms with van der Waals surface area (Å²) in [5.74, 6) is 1.12. The Morgan fingerprint density at radius 3 is 2.25 bits per heavy atom. The van der Waals surface area contributed by atoms with Crippen LogP contribution in [0.5, 0.6) is 5.75 Å². The van der Waals surface area contributed by atoms with Gasteiger partial charge in [-0.15, -0.1) is 0 Å². The van der Waals surface area contributed by atoms with Crippen LogP contribution in [0.15, 0.2) is 82.4 Å². The zero-order valence-electron chi connectivity index (χ0n) is 15.5. The second-order valence-electron chi connectivity index (χ2n) is 5.93. The minimum Gasteiger partial charge on any atom is -0.497 e. The van der Waals surface area contributed by atoms with Crippen LogP contribution >= 0.6 is 0 Å². The molecule has 0 saturated carbocycles. The van der Waals surface area contributed by atoms with Crippen LogP contribution < -0.4 is 4.74 Å². The smallest absolute Gasteiger partial charge is 0.282 e. The maximum atomic E-state index is 12.8. The van der Waals surface area contributed by atoms with Gasteiger partial charge in [0.05, 0.1) is 17.7 Å². The highest BCUT2D eigenvalue weighted by atomic mass is 32.2. The van der Waals surface area contributed by atoms with Crippen LogP contribution in [0.4, 0.5) is 0 Å². The molecule has 0 bridgehead atoms. The molecule has 0 N–H and O–H groups in total. The van der Waals surface area contributed by atoms with Crippen LogP contribution in [0.1, 0.15) is 17.0 Å². The molecule has 28 heavy (non-hydrogen) atoms. The SMILES string of the molecule is COc1ccc(C(/C=C/c2ncccn2)=N\S(=O)(=O)c2ccc(C)cc2)cc1. The van der Waals surface area contributed by atoms with Gasteiger partial charge in [0.2, 0.25) is 0 Å². The van der Waals surface area contributed by atoms with Crippen molar-refractivity contribution in [3.8, 4) is 5.75 Å². The molecule has 0 radical (unpaired) electrons. The molecule has 3 rings (SSSR count). The predicted octanol–water partition coefficient (Wildman–Crippen LogP) is 3.69. The van der Waals surface area contributed by atoms with Crippen LogP contribution in [-0.2, 0) is 10.0 Å². The molecule has 7 heteroatoms. The Morgan fingerprint density at radius 2 is 1.64 bits per heavy atom. The van der Waals surface area contributed by atoms with E-state index >= 15 is 0 Å². The van der Waals surface area contributed by atoms with Crippen molar-refractivity contribution in [3.63, 3.8) is 0 Å². The van der Waals surface area contributed by atoms with E-state index in [9.17, 15) is 8.42 Å². The van der Waals surface area contributed by atoms with E-state index in [1.165, 1.54) is 0 Å². The monoisotopic (exact) mass is 393 g/mol. The first-order valence-corrected chi connectivity index (χ1v) is 9.93. The number of aromatic nitrogens is 2. The first-order chi connectivity index (χ1) is 13.5. The second-order valence-corrected chi connectivity index (χ2v) is 7.54. The van der Waals surface area contributed by atoms with E-state index in [1.54, 1.807) is 86.3 Å². The summed E-state index contributed by atoms with van der Waals surface area (Å²) in [6, 6.07) is 15.3. The molecule has 0 atom stereocenters. The molecule has 6 nitrogen and oxygen atoms in total. The molecule has 0 fully saturated rings. The lowest BCUT2D eigenvalue weighted by molar-refractivity contribution is 0.415. The molecule has 1 heterocycles. The molecule has 142 valence electrons. The minimum absolute atomic E-state index is 0.133. The van der Waals surface area contributed by atoms with Gasteiger partial charge in [0, 0.05) is 18.0 Å². The molecule has 0 unspecified atom stereocenters. The van der Waals surface area contributed by atoms with Gasteiger partial charge in [0.1, 0.15) is 5.75 Å². The van der Waals surface area contributed by atoms with Crippen LogP contribution in [0.3, 0.4) is 0 Å². The Bertz CT molecular complexity index is 1090. The van der Waals surface area contributed by atoms with Crippen molar-refractivity contribution in [1.29, 1.82) is 0 Å². The quantitative estimate of drug-likeness (QED) is 0.597. The Kier molecular flexibility index (Phi) is 5.96. The number of benzene rings is 2. The third kappa shape index (κ3) is 4.89. The second kappa shape index (κ2) is 8.58. The van der Waals surface area contributed by atoms with E-state index in [4.69, 9.17) is 4.74 Å². The molecule has 0 aliphatic carbocycles. The molecule has 0 amide bonds. The van der Waals surface area contributed by atoms with E-state index in [2.05, 4.69) is 14.4 Å². The zero-order valence-corrected chi connectivity index (χ0v) is 16.3. The first-order valence-electron chi connectivity index (χ1n) is 8.49. The van der Waals surface area contributed by atoms with Gasteiger partial charge in [-0.1, -0.05) is 17.7 Å². The lowest BCUT2D eigenvalue weighted by Crippen LogP contribution is -2.05. The highest BCUT2D eigenvalue weighted by molar-refractivity contribution is 7.90. The third-order valence-corrected chi connectivity index (χ3v) is 5.20. The number of rotatable bonds is 6. The summed E-state index contributed by atoms with van der Waals surface area (Å²) in [7, 11) is -2.31. The van der Waals surface area contributed by atoms with Crippen molar-refractivity contribution in [3.05, 3.63) is 90.0 Å². The number of aryl methyl sites for hydroxylation is 1. The fourth-order valence-corrected chi connectivity index (χ4v) is 3.39. The number of hydrogen-bond donors (Lipinski definition) is 0. The Labute approximate surface area is 164 Å². The number of methoxy groups -OCH3 is 1. The van der Waals surface area contributed by atoms with Gasteiger partial charge >= 0.3 is 0 Å². The predicted molar refractivity (Wildman–Crippen MR) is 109 cm³/mol. The fourth-order valence-electron chi connectivity index (χ4n) is 2.38. The topological polar surface area (TPSA) is 81.5 Å². The Morgan fingerprint density at radius 1 is 1.00 bits per heavy atom. The minimum atomic E-state index is -3.88. The highest BCUT2D eigenvalue weighted by Gasteiger charge is 2.14. The summed E-state index contributed by atoms with van der Waals surface area (Å²) in [5.41, 5.74) is 1.87. The standard InChI is InChI=1S/C21H19N3O3S/c1-16-4-10-19(11-5-16)28(25,26)24-20(12-13-21-22-14-3-15-23-21)17-6-8-18(27-2)9-7-17/h3-15H,1-2H3/b13-12+,24-20-. The maximum absolute atomic E-state index is 12.8. The van der Waals surface area contributed by atoms with Crippen molar-refractivity contribution in [2.45, 2.75) is 11.8 Å². The Hall–Kier alpha value is -3.32. The molecular formula is C21H19N3O3S. The molecule has 0 aliphatic heterocycles. The molecular weight excluding hydrogens is 374 g/mol. The van der Waals surface area contributed by atoms with Crippen LogP contribution in [-0.4, -0.2) is 31.2 Å². The summed E-state index contributed by atoms with van der Waals surface area (Å²) in [4.78, 5) is 8.36. The molecule has 0 saturated heterocycles. The van der Waals surface area contributed by atoms with Crippen molar-refractivity contribution in [2.75, 3.05) is 7.11 Å². The van der Waals surface area contributed by atoms with Crippen LogP contribution in [0.2, 0.25) is 0 Å². The fraction of sp³-hybridized carbons (Fsp3) is 0.0952. The van der Waals surface area contributed by atoms with E-state index in [0.29, 0.717) is 17.1 Å². The maximum Gasteiger partial charge on any atom is 0.282 e. The molecule has 2 aromatic carbocycles. The van der Waals surface area contributed by atoms with Gasteiger partial charge in [-0.05, 0) is 61.5 Å². The molecule has 1 aromatic heterocycles. The van der Waals surface area contributed by atoms with Gasteiger partial charge in [-0.25, -0.2) is 9.97 Å². The van der Waals surface area contributed by atoms with E-state index in [1.807, 2.05) is 6.92 Å². The van der Waals surface area contributed by atoms with Gasteiger partial charge in [-0.2, -0.15) is 12.8 Å². The molecule has 0 spiro atoms. The van der Waals surface area contributed by atoms with E-state index in [0.717, 1.165) is 5.56 Å². The molecule has 3 aromatic rings. The Balaban J connectivity index is 2.04. The summed E-state index contributed by atoms with van der Waals surface area (Å²) >= 11 is 0. The average molecular weight is 393 g/mol. The lowest BCUT2D eigenvalue weighted by Gasteiger charge is -2.06. The van der Waals surface area contributed by atoms with Crippen molar-refractivity contribution in [1.82, 2.24) is 9.97 Å². The van der Waals surface area contributed by atoms with Crippen LogP contribution in [0.25, 0.3) is 6.08 Å². The average Bonchev–Trinajstić information content (AvgIpc) is 2.72. The van der Waals surface area contributed by atoms with Crippen molar-refractivity contribution < 1.29 is 13.2 Å². The third-order valence-electron chi connectivity index (χ3n) is 3.90. The lowest BCUT2D eigenvalue weighted by atomic mass is 10.1. The van der Waals surface area contributed by atoms with E-state index < -0.39 is 10.0 Å². The number of ether oxygens (including phenoxy) is 1. The van der Waals surface area contributed by atoms with Gasteiger partial charge in [0.25, 0.3) is 10.0 Å². The number of nitrogens with zero attached hydrogens (tertiary/aromatic N) is 3. The first kappa shape index (κ1) is 19.4. The highest BCUT2D eigenvalue weighted by Crippen LogP contribution is 2.18. The van der Waals surface area contributed by atoms with Crippen molar-refractivity contribution in [2.24, 2.45) is 4.40 Å². The summed E-state index contributed by atoms with van der Waals surface area (Å²) < 4.78 is 34.8. The number of sulfonamides is 1. The zero-order chi connectivity index (χ0) is 20.0. The molecule has 0 aliphatic rings. The summed E-state index contributed by atoms with van der Waals surface area (Å²) in [5, 5.41) is 0. The van der Waals surface area contributed by atoms with Gasteiger partial charge < -0.3 is 4.74 Å². The van der Waals surface area contributed by atoms with Crippen LogP contribution in [0, 0.1) is 6.92 Å². The van der Waals surface area contributed by atoms with Gasteiger partial charge in [0.15, 0.2) is 5.82 Å². The largest absolute Gasteiger partial charge is 0.497 e. The number of hydrogen-bond acceptors (Lipinski definition) is 5. The summed E-state index contributed by atoms with van der Waals surface area (Å²) in [6.07, 6.45) is 6.43.